The van der Waals surface area contributed by atoms with Gasteiger partial charge in [0.15, 0.2) is 0 Å². The predicted octanol–water partition coefficient (Wildman–Crippen LogP) is 3.63. The molecule has 1 rings (SSSR count). The normalized spacial score (nSPS) is 14.8. The van der Waals surface area contributed by atoms with Gasteiger partial charge < -0.3 is 10.1 Å². The minimum absolute atomic E-state index is 0.209. The molecule has 1 N–H and O–H groups in total. The highest BCUT2D eigenvalue weighted by atomic mass is 16.5. The van der Waals surface area contributed by atoms with Crippen LogP contribution in [-0.4, -0.2) is 19.8 Å². The highest BCUT2D eigenvalue weighted by molar-refractivity contribution is 5.33. The molecule has 1 aromatic carbocycles. The Morgan fingerprint density at radius 2 is 1.89 bits per heavy atom. The lowest BCUT2D eigenvalue weighted by molar-refractivity contribution is 0.00445. The summed E-state index contributed by atoms with van der Waals surface area (Å²) in [6.45, 7) is 11.6. The van der Waals surface area contributed by atoms with E-state index in [9.17, 15) is 0 Å². The maximum Gasteiger partial charge on any atom is 0.0792 e. The van der Waals surface area contributed by atoms with E-state index in [1.165, 1.54) is 16.7 Å². The zero-order chi connectivity index (χ0) is 13.7. The Labute approximate surface area is 112 Å². The highest BCUT2D eigenvalue weighted by Gasteiger charge is 2.26. The molecule has 0 heterocycles. The molecule has 2 unspecified atom stereocenters. The minimum Gasteiger partial charge on any atom is -0.376 e. The van der Waals surface area contributed by atoms with Gasteiger partial charge in [-0.15, -0.1) is 0 Å². The van der Waals surface area contributed by atoms with E-state index in [0.717, 1.165) is 6.61 Å². The Bertz CT molecular complexity index is 373. The van der Waals surface area contributed by atoms with Crippen LogP contribution in [0.15, 0.2) is 18.2 Å². The smallest absolute Gasteiger partial charge is 0.0792 e. The molecule has 0 aromatic heterocycles. The topological polar surface area (TPSA) is 21.3 Å². The van der Waals surface area contributed by atoms with E-state index >= 15 is 0 Å². The second-order valence-corrected chi connectivity index (χ2v) is 5.29. The summed E-state index contributed by atoms with van der Waals surface area (Å²) in [5, 5.41) is 3.43. The van der Waals surface area contributed by atoms with Crippen molar-refractivity contribution in [1.82, 2.24) is 5.32 Å². The van der Waals surface area contributed by atoms with Gasteiger partial charge >= 0.3 is 0 Å². The zero-order valence-corrected chi connectivity index (χ0v) is 12.6. The van der Waals surface area contributed by atoms with Crippen LogP contribution in [0.3, 0.4) is 0 Å². The van der Waals surface area contributed by atoms with Crippen molar-refractivity contribution in [3.05, 3.63) is 34.9 Å². The summed E-state index contributed by atoms with van der Waals surface area (Å²) < 4.78 is 5.94. The van der Waals surface area contributed by atoms with E-state index in [1.54, 1.807) is 0 Å². The summed E-state index contributed by atoms with van der Waals surface area (Å²) >= 11 is 0. The van der Waals surface area contributed by atoms with Crippen LogP contribution in [0.4, 0.5) is 0 Å². The van der Waals surface area contributed by atoms with E-state index in [-0.39, 0.29) is 12.1 Å². The van der Waals surface area contributed by atoms with Gasteiger partial charge in [-0.2, -0.15) is 0 Å². The summed E-state index contributed by atoms with van der Waals surface area (Å²) in [5.74, 6) is 0.488. The van der Waals surface area contributed by atoms with Crippen LogP contribution in [0.5, 0.6) is 0 Å². The molecule has 2 heteroatoms. The standard InChI is InChI=1S/C16H27NO/c1-7-18-16(11(2)3)15(17-6)14-10-12(4)8-9-13(14)5/h8-11,15-17H,7H2,1-6H3. The predicted molar refractivity (Wildman–Crippen MR) is 78.0 cm³/mol. The van der Waals surface area contributed by atoms with Gasteiger partial charge in [-0.3, -0.25) is 0 Å². The van der Waals surface area contributed by atoms with Crippen molar-refractivity contribution in [2.45, 2.75) is 46.8 Å². The third kappa shape index (κ3) is 3.56. The van der Waals surface area contributed by atoms with Crippen LogP contribution in [-0.2, 0) is 4.74 Å². The number of rotatable bonds is 6. The van der Waals surface area contributed by atoms with Crippen molar-refractivity contribution in [3.63, 3.8) is 0 Å². The molecule has 1 aromatic rings. The van der Waals surface area contributed by atoms with Crippen molar-refractivity contribution >= 4 is 0 Å². The van der Waals surface area contributed by atoms with Gasteiger partial charge in [0.2, 0.25) is 0 Å². The third-order valence-corrected chi connectivity index (χ3v) is 3.43. The molecule has 2 atom stereocenters. The Balaban J connectivity index is 3.10. The number of hydrogen-bond donors (Lipinski definition) is 1. The molecular formula is C16H27NO. The van der Waals surface area contributed by atoms with Crippen LogP contribution < -0.4 is 5.32 Å². The van der Waals surface area contributed by atoms with E-state index in [4.69, 9.17) is 4.74 Å². The fraction of sp³-hybridized carbons (Fsp3) is 0.625. The van der Waals surface area contributed by atoms with Crippen molar-refractivity contribution < 1.29 is 4.74 Å². The number of nitrogens with one attached hydrogen (secondary N) is 1. The van der Waals surface area contributed by atoms with E-state index in [0.29, 0.717) is 5.92 Å². The summed E-state index contributed by atoms with van der Waals surface area (Å²) in [6, 6.07) is 6.88. The molecule has 18 heavy (non-hydrogen) atoms. The first-order valence-electron chi connectivity index (χ1n) is 6.87. The van der Waals surface area contributed by atoms with Crippen LogP contribution in [0.25, 0.3) is 0 Å². The van der Waals surface area contributed by atoms with Crippen molar-refractivity contribution in [3.8, 4) is 0 Å². The van der Waals surface area contributed by atoms with Crippen LogP contribution >= 0.6 is 0 Å². The lowest BCUT2D eigenvalue weighted by atomic mass is 9.90. The first-order valence-corrected chi connectivity index (χ1v) is 6.87. The largest absolute Gasteiger partial charge is 0.376 e. The number of benzene rings is 1. The minimum atomic E-state index is 0.209. The molecule has 0 amide bonds. The van der Waals surface area contributed by atoms with Gasteiger partial charge in [0.1, 0.15) is 0 Å². The summed E-state index contributed by atoms with van der Waals surface area (Å²) in [7, 11) is 2.01. The molecule has 0 bridgehead atoms. The quantitative estimate of drug-likeness (QED) is 0.831. The molecule has 0 fully saturated rings. The van der Waals surface area contributed by atoms with Gasteiger partial charge in [0.05, 0.1) is 12.1 Å². The third-order valence-electron chi connectivity index (χ3n) is 3.43. The van der Waals surface area contributed by atoms with E-state index in [2.05, 4.69) is 58.1 Å². The first-order chi connectivity index (χ1) is 8.51. The molecule has 0 aliphatic rings. The molecule has 102 valence electrons. The number of aryl methyl sites for hydroxylation is 2. The Hall–Kier alpha value is -0.860. The molecule has 0 aliphatic carbocycles. The molecule has 0 saturated carbocycles. The van der Waals surface area contributed by atoms with Gasteiger partial charge in [0.25, 0.3) is 0 Å². The molecule has 0 saturated heterocycles. The molecule has 2 nitrogen and oxygen atoms in total. The van der Waals surface area contributed by atoms with Crippen molar-refractivity contribution in [2.75, 3.05) is 13.7 Å². The van der Waals surface area contributed by atoms with Gasteiger partial charge in [-0.1, -0.05) is 37.6 Å². The van der Waals surface area contributed by atoms with Gasteiger partial charge in [0, 0.05) is 6.61 Å². The molecular weight excluding hydrogens is 222 g/mol. The summed E-state index contributed by atoms with van der Waals surface area (Å²) in [6.07, 6.45) is 0.209. The molecule has 0 spiro atoms. The average molecular weight is 249 g/mol. The Morgan fingerprint density at radius 1 is 1.22 bits per heavy atom. The first kappa shape index (κ1) is 15.2. The Morgan fingerprint density at radius 3 is 2.39 bits per heavy atom. The fourth-order valence-electron chi connectivity index (χ4n) is 2.46. The van der Waals surface area contributed by atoms with Gasteiger partial charge in [-0.05, 0) is 44.9 Å². The van der Waals surface area contributed by atoms with Crippen LogP contribution in [0.1, 0.15) is 43.5 Å². The van der Waals surface area contributed by atoms with Crippen LogP contribution in [0.2, 0.25) is 0 Å². The summed E-state index contributed by atoms with van der Waals surface area (Å²) in [5.41, 5.74) is 3.98. The molecule has 0 radical (unpaired) electrons. The second-order valence-electron chi connectivity index (χ2n) is 5.29. The fourth-order valence-corrected chi connectivity index (χ4v) is 2.46. The highest BCUT2D eigenvalue weighted by Crippen LogP contribution is 2.27. The van der Waals surface area contributed by atoms with Crippen LogP contribution in [0, 0.1) is 19.8 Å². The number of likely N-dealkylation sites (N-methyl/N-ethyl adjacent to an activating group) is 1. The number of ether oxygens (including phenoxy) is 1. The number of hydrogen-bond acceptors (Lipinski definition) is 2. The van der Waals surface area contributed by atoms with Crippen molar-refractivity contribution in [1.29, 1.82) is 0 Å². The van der Waals surface area contributed by atoms with Gasteiger partial charge in [-0.25, -0.2) is 0 Å². The lowest BCUT2D eigenvalue weighted by Crippen LogP contribution is -2.36. The zero-order valence-electron chi connectivity index (χ0n) is 12.6. The summed E-state index contributed by atoms with van der Waals surface area (Å²) in [4.78, 5) is 0. The average Bonchev–Trinajstić information content (AvgIpc) is 2.33. The maximum absolute atomic E-state index is 5.94. The maximum atomic E-state index is 5.94. The lowest BCUT2D eigenvalue weighted by Gasteiger charge is -2.31. The monoisotopic (exact) mass is 249 g/mol. The van der Waals surface area contributed by atoms with E-state index < -0.39 is 0 Å². The second kappa shape index (κ2) is 6.91. The Kier molecular flexibility index (Phi) is 5.83. The molecule has 0 aliphatic heterocycles. The SMILES string of the molecule is CCOC(C(C)C)C(NC)c1cc(C)ccc1C. The van der Waals surface area contributed by atoms with Crippen molar-refractivity contribution in [2.24, 2.45) is 5.92 Å². The van der Waals surface area contributed by atoms with E-state index in [1.807, 2.05) is 7.05 Å².